The molecule has 2 heterocycles. The molecule has 4 aromatic carbocycles. The Labute approximate surface area is 246 Å². The molecule has 7 heteroatoms. The molecule has 1 aliphatic heterocycles. The smallest absolute Gasteiger partial charge is 0.165 e. The molecule has 1 aliphatic rings. The van der Waals surface area contributed by atoms with Crippen LogP contribution in [0.3, 0.4) is 0 Å². The summed E-state index contributed by atoms with van der Waals surface area (Å²) in [6.45, 7) is 2.13. The van der Waals surface area contributed by atoms with E-state index in [0.717, 1.165) is 22.3 Å². The van der Waals surface area contributed by atoms with Crippen LogP contribution in [0.4, 0.5) is 0 Å². The fourth-order valence-electron chi connectivity index (χ4n) is 5.31. The fraction of sp³-hybridized carbons (Fsp3) is 0.257. The van der Waals surface area contributed by atoms with E-state index in [4.69, 9.17) is 18.9 Å². The summed E-state index contributed by atoms with van der Waals surface area (Å²) >= 11 is 0. The number of aromatic nitrogens is 3. The van der Waals surface area contributed by atoms with Crippen molar-refractivity contribution in [1.29, 1.82) is 0 Å². The molecule has 0 fully saturated rings. The highest BCUT2D eigenvalue weighted by Gasteiger charge is 2.47. The average Bonchev–Trinajstić information content (AvgIpc) is 3.54. The molecule has 0 N–H and O–H groups in total. The molecule has 0 aliphatic carbocycles. The standard InChI is InChI=1S/C35H35N3O4/c1-5-13-27(14-6-1)21-39-25-31-32(40-22-28-15-7-2-8-16-28)33(41-23-29-17-9-3-10-18-29)34(35-37-36-26-38(31)35)42-24-30-19-11-4-12-20-30/h1-20,26,31-34H,21-25H2/t31-,32-,33+,34-/m1/s1. The van der Waals surface area contributed by atoms with E-state index in [2.05, 4.69) is 58.7 Å². The summed E-state index contributed by atoms with van der Waals surface area (Å²) in [6.07, 6.45) is 0.396. The molecule has 0 unspecified atom stereocenters. The van der Waals surface area contributed by atoms with Gasteiger partial charge in [0, 0.05) is 0 Å². The van der Waals surface area contributed by atoms with E-state index in [-0.39, 0.29) is 6.04 Å². The van der Waals surface area contributed by atoms with E-state index in [1.807, 2.05) is 77.4 Å². The normalized spacial score (nSPS) is 19.8. The molecule has 1 aromatic heterocycles. The van der Waals surface area contributed by atoms with Gasteiger partial charge in [0.05, 0.1) is 39.1 Å². The third-order valence-electron chi connectivity index (χ3n) is 7.46. The van der Waals surface area contributed by atoms with Crippen molar-refractivity contribution in [2.75, 3.05) is 6.61 Å². The van der Waals surface area contributed by atoms with E-state index in [1.54, 1.807) is 6.33 Å². The predicted octanol–water partition coefficient (Wildman–Crippen LogP) is 6.48. The molecule has 6 rings (SSSR count). The molecule has 0 saturated heterocycles. The molecule has 0 saturated carbocycles. The summed E-state index contributed by atoms with van der Waals surface area (Å²) in [7, 11) is 0. The number of rotatable bonds is 13. The highest BCUT2D eigenvalue weighted by Crippen LogP contribution is 2.39. The van der Waals surface area contributed by atoms with Crippen molar-refractivity contribution in [2.45, 2.75) is 50.8 Å². The Bertz CT molecular complexity index is 1480. The molecule has 42 heavy (non-hydrogen) atoms. The second-order valence-corrected chi connectivity index (χ2v) is 10.4. The zero-order chi connectivity index (χ0) is 28.4. The van der Waals surface area contributed by atoms with Gasteiger partial charge in [-0.1, -0.05) is 121 Å². The van der Waals surface area contributed by atoms with Crippen molar-refractivity contribution in [2.24, 2.45) is 0 Å². The molecule has 7 nitrogen and oxygen atoms in total. The predicted molar refractivity (Wildman–Crippen MR) is 159 cm³/mol. The SMILES string of the molecule is c1ccc(COC[C@@H]2[C@@H](OCc3ccccc3)[C@H](OCc3ccccc3)[C@@H](OCc3ccccc3)c3nncn32)cc1. The topological polar surface area (TPSA) is 67.6 Å². The van der Waals surface area contributed by atoms with Gasteiger partial charge in [0.1, 0.15) is 24.6 Å². The van der Waals surface area contributed by atoms with Crippen LogP contribution in [0.25, 0.3) is 0 Å². The van der Waals surface area contributed by atoms with Crippen LogP contribution in [0.1, 0.15) is 40.2 Å². The summed E-state index contributed by atoms with van der Waals surface area (Å²) in [5.41, 5.74) is 4.34. The fourth-order valence-corrected chi connectivity index (χ4v) is 5.31. The van der Waals surface area contributed by atoms with Crippen LogP contribution in [0, 0.1) is 0 Å². The summed E-state index contributed by atoms with van der Waals surface area (Å²) in [6, 6.07) is 40.4. The Balaban J connectivity index is 1.30. The van der Waals surface area contributed by atoms with E-state index in [0.29, 0.717) is 38.9 Å². The Morgan fingerprint density at radius 1 is 0.524 bits per heavy atom. The lowest BCUT2D eigenvalue weighted by atomic mass is 9.95. The first-order chi connectivity index (χ1) is 20.8. The van der Waals surface area contributed by atoms with Gasteiger partial charge in [-0.25, -0.2) is 0 Å². The summed E-state index contributed by atoms with van der Waals surface area (Å²) in [5.74, 6) is 0.705. The lowest BCUT2D eigenvalue weighted by Crippen LogP contribution is -2.50. The molecular weight excluding hydrogens is 526 g/mol. The summed E-state index contributed by atoms with van der Waals surface area (Å²) in [4.78, 5) is 0. The van der Waals surface area contributed by atoms with Gasteiger partial charge in [-0.15, -0.1) is 10.2 Å². The maximum absolute atomic E-state index is 6.73. The van der Waals surface area contributed by atoms with Gasteiger partial charge in [0.25, 0.3) is 0 Å². The van der Waals surface area contributed by atoms with Crippen LogP contribution in [0.5, 0.6) is 0 Å². The van der Waals surface area contributed by atoms with Gasteiger partial charge in [0.2, 0.25) is 0 Å². The largest absolute Gasteiger partial charge is 0.375 e. The number of hydrogen-bond acceptors (Lipinski definition) is 6. The molecule has 214 valence electrons. The number of fused-ring (bicyclic) bond motifs is 1. The Hall–Kier alpha value is -4.14. The minimum Gasteiger partial charge on any atom is -0.375 e. The highest BCUT2D eigenvalue weighted by atomic mass is 16.6. The lowest BCUT2D eigenvalue weighted by molar-refractivity contribution is -0.188. The van der Waals surface area contributed by atoms with Gasteiger partial charge in [0.15, 0.2) is 5.82 Å². The molecule has 5 aromatic rings. The second-order valence-electron chi connectivity index (χ2n) is 10.4. The molecule has 0 spiro atoms. The average molecular weight is 562 g/mol. The van der Waals surface area contributed by atoms with E-state index < -0.39 is 18.3 Å². The maximum atomic E-state index is 6.73. The van der Waals surface area contributed by atoms with Crippen LogP contribution >= 0.6 is 0 Å². The van der Waals surface area contributed by atoms with Crippen molar-refractivity contribution in [1.82, 2.24) is 14.8 Å². The second kappa shape index (κ2) is 14.2. The van der Waals surface area contributed by atoms with Gasteiger partial charge < -0.3 is 23.5 Å². The Morgan fingerprint density at radius 2 is 0.976 bits per heavy atom. The minimum absolute atomic E-state index is 0.222. The van der Waals surface area contributed by atoms with Crippen LogP contribution < -0.4 is 0 Å². The molecular formula is C35H35N3O4. The van der Waals surface area contributed by atoms with Crippen molar-refractivity contribution in [3.05, 3.63) is 156 Å². The number of hydrogen-bond donors (Lipinski definition) is 0. The minimum atomic E-state index is -0.498. The maximum Gasteiger partial charge on any atom is 0.165 e. The van der Waals surface area contributed by atoms with Gasteiger partial charge >= 0.3 is 0 Å². The van der Waals surface area contributed by atoms with Crippen LogP contribution in [-0.4, -0.2) is 33.6 Å². The molecule has 0 radical (unpaired) electrons. The molecule has 0 amide bonds. The van der Waals surface area contributed by atoms with Crippen molar-refractivity contribution >= 4 is 0 Å². The number of ether oxygens (including phenoxy) is 4. The first-order valence-corrected chi connectivity index (χ1v) is 14.3. The van der Waals surface area contributed by atoms with Crippen molar-refractivity contribution in [3.63, 3.8) is 0 Å². The molecule has 4 atom stereocenters. The van der Waals surface area contributed by atoms with Gasteiger partial charge in [-0.2, -0.15) is 0 Å². The zero-order valence-electron chi connectivity index (χ0n) is 23.4. The van der Waals surface area contributed by atoms with Crippen molar-refractivity contribution in [3.8, 4) is 0 Å². The Morgan fingerprint density at radius 3 is 1.50 bits per heavy atom. The number of nitrogens with zero attached hydrogens (tertiary/aromatic N) is 3. The molecule has 0 bridgehead atoms. The van der Waals surface area contributed by atoms with Gasteiger partial charge in [-0.05, 0) is 22.3 Å². The first kappa shape index (κ1) is 28.0. The van der Waals surface area contributed by atoms with Gasteiger partial charge in [-0.3, -0.25) is 0 Å². The Kier molecular flexibility index (Phi) is 9.44. The summed E-state index contributed by atoms with van der Waals surface area (Å²) in [5, 5.41) is 8.82. The number of benzene rings is 4. The third kappa shape index (κ3) is 7.01. The van der Waals surface area contributed by atoms with Crippen LogP contribution in [0.15, 0.2) is 128 Å². The third-order valence-corrected chi connectivity index (χ3v) is 7.46. The van der Waals surface area contributed by atoms with E-state index in [9.17, 15) is 0 Å². The lowest BCUT2D eigenvalue weighted by Gasteiger charge is -2.42. The van der Waals surface area contributed by atoms with Crippen molar-refractivity contribution < 1.29 is 18.9 Å². The van der Waals surface area contributed by atoms with E-state index in [1.165, 1.54) is 0 Å². The first-order valence-electron chi connectivity index (χ1n) is 14.3. The summed E-state index contributed by atoms with van der Waals surface area (Å²) < 4.78 is 28.4. The van der Waals surface area contributed by atoms with Crippen LogP contribution in [-0.2, 0) is 45.4 Å². The zero-order valence-corrected chi connectivity index (χ0v) is 23.4. The highest BCUT2D eigenvalue weighted by molar-refractivity contribution is 5.17. The monoisotopic (exact) mass is 561 g/mol. The van der Waals surface area contributed by atoms with E-state index >= 15 is 0 Å². The van der Waals surface area contributed by atoms with Crippen LogP contribution in [0.2, 0.25) is 0 Å². The quantitative estimate of drug-likeness (QED) is 0.164.